The van der Waals surface area contributed by atoms with Gasteiger partial charge < -0.3 is 9.84 Å². The Kier molecular flexibility index (Phi) is 4.91. The van der Waals surface area contributed by atoms with E-state index in [4.69, 9.17) is 4.74 Å². The topological polar surface area (TPSA) is 67.6 Å². The largest absolute Gasteiger partial charge is 0.488 e. The predicted molar refractivity (Wildman–Crippen MR) is 102 cm³/mol. The summed E-state index contributed by atoms with van der Waals surface area (Å²) in [5.74, 6) is 0.0191. The monoisotopic (exact) mass is 369 g/mol. The van der Waals surface area contributed by atoms with E-state index >= 15 is 0 Å². The van der Waals surface area contributed by atoms with Crippen molar-refractivity contribution in [2.75, 3.05) is 13.1 Å². The van der Waals surface area contributed by atoms with Crippen molar-refractivity contribution in [2.24, 2.45) is 0 Å². The van der Waals surface area contributed by atoms with Crippen LogP contribution in [0.4, 0.5) is 0 Å². The highest BCUT2D eigenvalue weighted by Gasteiger charge is 2.38. The summed E-state index contributed by atoms with van der Waals surface area (Å²) in [5.41, 5.74) is 3.51. The third-order valence-electron chi connectivity index (χ3n) is 5.64. The Bertz CT molecular complexity index is 839. The van der Waals surface area contributed by atoms with E-state index in [1.54, 1.807) is 0 Å². The number of benzene rings is 1. The molecule has 0 spiro atoms. The molecule has 1 aliphatic heterocycles. The summed E-state index contributed by atoms with van der Waals surface area (Å²) in [5, 5.41) is 13.9. The maximum atomic E-state index is 11.6. The second kappa shape index (κ2) is 7.35. The summed E-state index contributed by atoms with van der Waals surface area (Å²) in [6, 6.07) is 8.54. The first-order valence-electron chi connectivity index (χ1n) is 9.84. The van der Waals surface area contributed by atoms with Gasteiger partial charge in [-0.25, -0.2) is 4.79 Å². The Labute approximate surface area is 159 Å². The van der Waals surface area contributed by atoms with Crippen LogP contribution in [0, 0.1) is 6.92 Å². The average molecular weight is 369 g/mol. The smallest absolute Gasteiger partial charge is 0.356 e. The van der Waals surface area contributed by atoms with Gasteiger partial charge in [0, 0.05) is 36.9 Å². The van der Waals surface area contributed by atoms with Gasteiger partial charge in [-0.3, -0.25) is 9.58 Å². The van der Waals surface area contributed by atoms with Crippen LogP contribution in [0.5, 0.6) is 5.75 Å². The van der Waals surface area contributed by atoms with Crippen LogP contribution in [0.1, 0.15) is 47.1 Å². The highest BCUT2D eigenvalue weighted by molar-refractivity contribution is 5.87. The van der Waals surface area contributed by atoms with Gasteiger partial charge in [0.2, 0.25) is 0 Å². The van der Waals surface area contributed by atoms with Gasteiger partial charge >= 0.3 is 5.97 Å². The first kappa shape index (κ1) is 18.0. The van der Waals surface area contributed by atoms with Crippen LogP contribution < -0.4 is 4.74 Å². The van der Waals surface area contributed by atoms with E-state index in [9.17, 15) is 9.90 Å². The fourth-order valence-corrected chi connectivity index (χ4v) is 4.27. The van der Waals surface area contributed by atoms with Gasteiger partial charge in [-0.05, 0) is 50.3 Å². The summed E-state index contributed by atoms with van der Waals surface area (Å²) in [7, 11) is 0. The van der Waals surface area contributed by atoms with Crippen molar-refractivity contribution in [1.29, 1.82) is 0 Å². The van der Waals surface area contributed by atoms with Crippen molar-refractivity contribution in [3.63, 3.8) is 0 Å². The van der Waals surface area contributed by atoms with Crippen LogP contribution in [0.15, 0.2) is 24.3 Å². The highest BCUT2D eigenvalue weighted by atomic mass is 16.5. The Morgan fingerprint density at radius 1 is 1.37 bits per heavy atom. The zero-order valence-corrected chi connectivity index (χ0v) is 16.0. The predicted octanol–water partition coefficient (Wildman–Crippen LogP) is 2.92. The first-order chi connectivity index (χ1) is 13.0. The molecule has 2 aliphatic rings. The van der Waals surface area contributed by atoms with Crippen LogP contribution in [-0.2, 0) is 19.4 Å². The lowest BCUT2D eigenvalue weighted by molar-refractivity contribution is -0.0129. The molecule has 1 saturated heterocycles. The molecule has 0 saturated carbocycles. The zero-order valence-electron chi connectivity index (χ0n) is 16.0. The van der Waals surface area contributed by atoms with Crippen molar-refractivity contribution in [2.45, 2.75) is 58.2 Å². The number of nitrogens with zero attached hydrogens (tertiary/aromatic N) is 3. The molecule has 1 aliphatic carbocycles. The standard InChI is InChI=1S/C21H27N3O3/c1-3-9-24-19-8-7-15(11-18(19)20(22-24)21(25)26)23-12-17(13-23)27-16-6-4-5-14(2)10-16/h4-6,10,15,17H,3,7-9,11-13H2,1-2H3,(H,25,26)/t15-/m1/s1. The second-order valence-corrected chi connectivity index (χ2v) is 7.71. The minimum absolute atomic E-state index is 0.218. The molecule has 6 heteroatoms. The molecule has 4 rings (SSSR count). The van der Waals surface area contributed by atoms with Crippen LogP contribution in [0.3, 0.4) is 0 Å². The lowest BCUT2D eigenvalue weighted by atomic mass is 9.88. The maximum Gasteiger partial charge on any atom is 0.356 e. The Morgan fingerprint density at radius 3 is 2.89 bits per heavy atom. The summed E-state index contributed by atoms with van der Waals surface area (Å²) in [6.45, 7) is 6.75. The van der Waals surface area contributed by atoms with E-state index in [-0.39, 0.29) is 11.8 Å². The number of carboxylic acid groups (broad SMARTS) is 1. The van der Waals surface area contributed by atoms with Crippen molar-refractivity contribution in [1.82, 2.24) is 14.7 Å². The number of hydrogen-bond donors (Lipinski definition) is 1. The third-order valence-corrected chi connectivity index (χ3v) is 5.64. The highest BCUT2D eigenvalue weighted by Crippen LogP contribution is 2.31. The molecule has 0 amide bonds. The summed E-state index contributed by atoms with van der Waals surface area (Å²) in [4.78, 5) is 14.0. The second-order valence-electron chi connectivity index (χ2n) is 7.71. The molecule has 1 fully saturated rings. The van der Waals surface area contributed by atoms with Gasteiger partial charge in [-0.1, -0.05) is 19.1 Å². The number of hydrogen-bond acceptors (Lipinski definition) is 4. The number of likely N-dealkylation sites (tertiary alicyclic amines) is 1. The van der Waals surface area contributed by atoms with Crippen molar-refractivity contribution < 1.29 is 14.6 Å². The van der Waals surface area contributed by atoms with Crippen molar-refractivity contribution in [3.8, 4) is 5.75 Å². The molecule has 2 aromatic rings. The molecular formula is C21H27N3O3. The van der Waals surface area contributed by atoms with Gasteiger partial charge in [0.25, 0.3) is 0 Å². The Morgan fingerprint density at radius 2 is 2.19 bits per heavy atom. The first-order valence-corrected chi connectivity index (χ1v) is 9.84. The minimum Gasteiger partial charge on any atom is -0.488 e. The molecule has 2 heterocycles. The SMILES string of the molecule is CCCn1nc(C(=O)O)c2c1CC[C@@H](N1CC(Oc3cccc(C)c3)C1)C2. The molecule has 1 aromatic carbocycles. The fraction of sp³-hybridized carbons (Fsp3) is 0.524. The summed E-state index contributed by atoms with van der Waals surface area (Å²) < 4.78 is 7.98. The fourth-order valence-electron chi connectivity index (χ4n) is 4.27. The van der Waals surface area contributed by atoms with Crippen LogP contribution in [-0.4, -0.2) is 51.0 Å². The quantitative estimate of drug-likeness (QED) is 0.848. The Hall–Kier alpha value is -2.34. The van der Waals surface area contributed by atoms with E-state index in [2.05, 4.69) is 36.0 Å². The van der Waals surface area contributed by atoms with Crippen molar-refractivity contribution in [3.05, 3.63) is 46.8 Å². The number of ether oxygens (including phenoxy) is 1. The molecule has 6 nitrogen and oxygen atoms in total. The van der Waals surface area contributed by atoms with E-state index < -0.39 is 5.97 Å². The molecular weight excluding hydrogens is 342 g/mol. The molecule has 0 unspecified atom stereocenters. The van der Waals surface area contributed by atoms with E-state index in [0.29, 0.717) is 6.04 Å². The number of carbonyl (C=O) groups is 1. The third kappa shape index (κ3) is 3.58. The molecule has 27 heavy (non-hydrogen) atoms. The molecule has 0 bridgehead atoms. The van der Waals surface area contributed by atoms with E-state index in [1.807, 2.05) is 16.8 Å². The lowest BCUT2D eigenvalue weighted by Crippen LogP contribution is -2.58. The Balaban J connectivity index is 1.40. The molecule has 1 aromatic heterocycles. The van der Waals surface area contributed by atoms with Crippen LogP contribution >= 0.6 is 0 Å². The van der Waals surface area contributed by atoms with E-state index in [1.165, 1.54) is 5.56 Å². The summed E-state index contributed by atoms with van der Waals surface area (Å²) in [6.07, 6.45) is 3.91. The van der Waals surface area contributed by atoms with Gasteiger partial charge in [0.1, 0.15) is 11.9 Å². The molecule has 1 atom stereocenters. The average Bonchev–Trinajstić information content (AvgIpc) is 2.96. The number of rotatable bonds is 6. The van der Waals surface area contributed by atoms with Crippen molar-refractivity contribution >= 4 is 5.97 Å². The van der Waals surface area contributed by atoms with Crippen LogP contribution in [0.2, 0.25) is 0 Å². The van der Waals surface area contributed by atoms with Crippen LogP contribution in [0.25, 0.3) is 0 Å². The van der Waals surface area contributed by atoms with Gasteiger partial charge in [-0.15, -0.1) is 0 Å². The van der Waals surface area contributed by atoms with Gasteiger partial charge in [0.15, 0.2) is 5.69 Å². The zero-order chi connectivity index (χ0) is 19.0. The number of aromatic carboxylic acids is 1. The minimum atomic E-state index is -0.911. The lowest BCUT2D eigenvalue weighted by Gasteiger charge is -2.45. The molecule has 0 radical (unpaired) electrons. The number of aryl methyl sites for hydroxylation is 2. The van der Waals surface area contributed by atoms with Gasteiger partial charge in [0.05, 0.1) is 0 Å². The number of aromatic nitrogens is 2. The number of carboxylic acids is 1. The van der Waals surface area contributed by atoms with Gasteiger partial charge in [-0.2, -0.15) is 5.10 Å². The van der Waals surface area contributed by atoms with E-state index in [0.717, 1.165) is 62.3 Å². The normalized spacial score (nSPS) is 20.1. The summed E-state index contributed by atoms with van der Waals surface area (Å²) >= 11 is 0. The maximum absolute atomic E-state index is 11.6. The number of fused-ring (bicyclic) bond motifs is 1. The molecule has 1 N–H and O–H groups in total. The molecule has 144 valence electrons.